The van der Waals surface area contributed by atoms with E-state index in [1.54, 1.807) is 0 Å². The number of rotatable bonds is 3. The molecule has 88 valence electrons. The smallest absolute Gasteiger partial charge is 0.00981 e. The first-order chi connectivity index (χ1) is 7.88. The highest BCUT2D eigenvalue weighted by Crippen LogP contribution is 2.46. The highest BCUT2D eigenvalue weighted by atomic mass is 14.9. The van der Waals surface area contributed by atoms with Gasteiger partial charge in [-0.2, -0.15) is 0 Å². The molecule has 1 N–H and O–H groups in total. The first-order valence-corrected chi connectivity index (χ1v) is 7.30. The number of nitrogens with one attached hydrogen (secondary N) is 1. The van der Waals surface area contributed by atoms with Crippen molar-refractivity contribution >= 4 is 0 Å². The second-order valence-corrected chi connectivity index (χ2v) is 6.73. The molecule has 4 rings (SSSR count). The van der Waals surface area contributed by atoms with Crippen LogP contribution in [-0.2, 0) is 0 Å². The van der Waals surface area contributed by atoms with Gasteiger partial charge in [0.25, 0.3) is 0 Å². The van der Waals surface area contributed by atoms with E-state index in [-0.39, 0.29) is 0 Å². The first-order valence-electron chi connectivity index (χ1n) is 7.30. The summed E-state index contributed by atoms with van der Waals surface area (Å²) in [4.78, 5) is 0. The van der Waals surface area contributed by atoms with Gasteiger partial charge in [-0.15, -0.1) is 0 Å². The van der Waals surface area contributed by atoms with Gasteiger partial charge >= 0.3 is 0 Å². The Kier molecular flexibility index (Phi) is 2.18. The predicted molar refractivity (Wildman–Crippen MR) is 66.1 cm³/mol. The standard InChI is InChI=1S/C15H23N/c1-3-12-5-10(1)7-14(12)9-16-15-8-11-2-4-13(15)6-11/h1,3,10-16H,2,4-9H2. The van der Waals surface area contributed by atoms with Crippen LogP contribution in [0.25, 0.3) is 0 Å². The summed E-state index contributed by atoms with van der Waals surface area (Å²) < 4.78 is 0. The molecule has 3 saturated carbocycles. The van der Waals surface area contributed by atoms with E-state index in [2.05, 4.69) is 17.5 Å². The molecule has 6 atom stereocenters. The van der Waals surface area contributed by atoms with Gasteiger partial charge in [0.2, 0.25) is 0 Å². The maximum absolute atomic E-state index is 3.91. The second-order valence-electron chi connectivity index (χ2n) is 6.73. The topological polar surface area (TPSA) is 12.0 Å². The summed E-state index contributed by atoms with van der Waals surface area (Å²) in [5.41, 5.74) is 0. The summed E-state index contributed by atoms with van der Waals surface area (Å²) in [5, 5.41) is 3.91. The summed E-state index contributed by atoms with van der Waals surface area (Å²) in [5.74, 6) is 4.96. The van der Waals surface area contributed by atoms with Crippen molar-refractivity contribution in [2.24, 2.45) is 29.6 Å². The average Bonchev–Trinajstić information content (AvgIpc) is 3.05. The molecule has 0 amide bonds. The van der Waals surface area contributed by atoms with Gasteiger partial charge in [0.1, 0.15) is 0 Å². The van der Waals surface area contributed by atoms with Crippen LogP contribution in [-0.4, -0.2) is 12.6 Å². The van der Waals surface area contributed by atoms with Crippen molar-refractivity contribution in [2.45, 2.75) is 44.6 Å². The molecule has 1 nitrogen and oxygen atoms in total. The third-order valence-electron chi connectivity index (χ3n) is 5.80. The van der Waals surface area contributed by atoms with E-state index in [0.29, 0.717) is 0 Å². The molecule has 4 aliphatic carbocycles. The van der Waals surface area contributed by atoms with Crippen LogP contribution >= 0.6 is 0 Å². The first kappa shape index (κ1) is 9.70. The SMILES string of the molecule is C1=CC2CC1CC2CNC1CC2CCC1C2. The van der Waals surface area contributed by atoms with Gasteiger partial charge in [-0.1, -0.05) is 18.6 Å². The van der Waals surface area contributed by atoms with Crippen LogP contribution in [0, 0.1) is 29.6 Å². The lowest BCUT2D eigenvalue weighted by atomic mass is 9.91. The van der Waals surface area contributed by atoms with E-state index in [1.165, 1.54) is 45.1 Å². The van der Waals surface area contributed by atoms with E-state index in [0.717, 1.165) is 35.6 Å². The summed E-state index contributed by atoms with van der Waals surface area (Å²) in [6.07, 6.45) is 13.9. The molecule has 4 bridgehead atoms. The number of fused-ring (bicyclic) bond motifs is 4. The van der Waals surface area contributed by atoms with Gasteiger partial charge in [0.15, 0.2) is 0 Å². The quantitative estimate of drug-likeness (QED) is 0.717. The molecular weight excluding hydrogens is 194 g/mol. The maximum atomic E-state index is 3.91. The fourth-order valence-corrected chi connectivity index (χ4v) is 4.93. The van der Waals surface area contributed by atoms with Gasteiger partial charge in [-0.25, -0.2) is 0 Å². The lowest BCUT2D eigenvalue weighted by Crippen LogP contribution is -2.38. The van der Waals surface area contributed by atoms with E-state index >= 15 is 0 Å². The van der Waals surface area contributed by atoms with Crippen LogP contribution in [0.2, 0.25) is 0 Å². The van der Waals surface area contributed by atoms with Crippen molar-refractivity contribution in [2.75, 3.05) is 6.54 Å². The summed E-state index contributed by atoms with van der Waals surface area (Å²) in [6.45, 7) is 1.30. The molecule has 0 radical (unpaired) electrons. The Morgan fingerprint density at radius 2 is 2.00 bits per heavy atom. The molecule has 6 unspecified atom stereocenters. The van der Waals surface area contributed by atoms with Crippen molar-refractivity contribution in [3.8, 4) is 0 Å². The molecule has 0 spiro atoms. The lowest BCUT2D eigenvalue weighted by molar-refractivity contribution is 0.313. The summed E-state index contributed by atoms with van der Waals surface area (Å²) >= 11 is 0. The molecule has 1 heteroatoms. The van der Waals surface area contributed by atoms with Crippen LogP contribution in [0.3, 0.4) is 0 Å². The summed E-state index contributed by atoms with van der Waals surface area (Å²) in [7, 11) is 0. The highest BCUT2D eigenvalue weighted by Gasteiger charge is 2.40. The Labute approximate surface area is 98.7 Å². The molecule has 0 saturated heterocycles. The number of allylic oxidation sites excluding steroid dienone is 2. The molecule has 0 aromatic heterocycles. The summed E-state index contributed by atoms with van der Waals surface area (Å²) in [6, 6.07) is 0.891. The Hall–Kier alpha value is -0.300. The second kappa shape index (κ2) is 3.60. The molecule has 4 aliphatic rings. The number of hydrogen-bond donors (Lipinski definition) is 1. The zero-order valence-corrected chi connectivity index (χ0v) is 10.1. The van der Waals surface area contributed by atoms with E-state index < -0.39 is 0 Å². The Balaban J connectivity index is 1.32. The van der Waals surface area contributed by atoms with E-state index in [9.17, 15) is 0 Å². The third-order valence-corrected chi connectivity index (χ3v) is 5.80. The van der Waals surface area contributed by atoms with Crippen molar-refractivity contribution in [1.82, 2.24) is 5.32 Å². The van der Waals surface area contributed by atoms with Crippen LogP contribution in [0.5, 0.6) is 0 Å². The zero-order valence-electron chi connectivity index (χ0n) is 10.1. The minimum Gasteiger partial charge on any atom is -0.313 e. The number of hydrogen-bond acceptors (Lipinski definition) is 1. The molecule has 0 heterocycles. The highest BCUT2D eigenvalue weighted by molar-refractivity contribution is 5.10. The normalized spacial score (nSPS) is 53.0. The van der Waals surface area contributed by atoms with Gasteiger partial charge in [0.05, 0.1) is 0 Å². The minimum absolute atomic E-state index is 0.891. The molecule has 0 aliphatic heterocycles. The van der Waals surface area contributed by atoms with Crippen LogP contribution in [0.1, 0.15) is 38.5 Å². The fourth-order valence-electron chi connectivity index (χ4n) is 4.93. The lowest BCUT2D eigenvalue weighted by Gasteiger charge is -2.26. The molecule has 0 aromatic rings. The third kappa shape index (κ3) is 1.48. The molecule has 16 heavy (non-hydrogen) atoms. The van der Waals surface area contributed by atoms with Crippen molar-refractivity contribution in [3.63, 3.8) is 0 Å². The van der Waals surface area contributed by atoms with E-state index in [1.807, 2.05) is 0 Å². The van der Waals surface area contributed by atoms with Gasteiger partial charge in [-0.05, 0) is 68.2 Å². The van der Waals surface area contributed by atoms with Gasteiger partial charge in [-0.3, -0.25) is 0 Å². The predicted octanol–water partition coefficient (Wildman–Crippen LogP) is 2.98. The zero-order chi connectivity index (χ0) is 10.5. The van der Waals surface area contributed by atoms with Gasteiger partial charge < -0.3 is 5.32 Å². The average molecular weight is 217 g/mol. The Bertz CT molecular complexity index is 309. The van der Waals surface area contributed by atoms with Crippen LogP contribution < -0.4 is 5.32 Å². The van der Waals surface area contributed by atoms with E-state index in [4.69, 9.17) is 0 Å². The monoisotopic (exact) mass is 217 g/mol. The van der Waals surface area contributed by atoms with Gasteiger partial charge in [0, 0.05) is 6.04 Å². The van der Waals surface area contributed by atoms with Crippen molar-refractivity contribution < 1.29 is 0 Å². The Morgan fingerprint density at radius 3 is 2.62 bits per heavy atom. The largest absolute Gasteiger partial charge is 0.313 e. The molecule has 3 fully saturated rings. The van der Waals surface area contributed by atoms with Crippen molar-refractivity contribution in [1.29, 1.82) is 0 Å². The van der Waals surface area contributed by atoms with Crippen LogP contribution in [0.4, 0.5) is 0 Å². The minimum atomic E-state index is 0.891. The molecule has 0 aromatic carbocycles. The molecular formula is C15H23N. The fraction of sp³-hybridized carbons (Fsp3) is 0.867. The Morgan fingerprint density at radius 1 is 1.00 bits per heavy atom. The van der Waals surface area contributed by atoms with Crippen LogP contribution in [0.15, 0.2) is 12.2 Å². The maximum Gasteiger partial charge on any atom is 0.00981 e. The van der Waals surface area contributed by atoms with Crippen molar-refractivity contribution in [3.05, 3.63) is 12.2 Å².